The highest BCUT2D eigenvalue weighted by Gasteiger charge is 2.32. The number of thiazole rings is 1. The summed E-state index contributed by atoms with van der Waals surface area (Å²) in [4.78, 5) is 32.1. The van der Waals surface area contributed by atoms with Crippen LogP contribution in [0.5, 0.6) is 0 Å². The summed E-state index contributed by atoms with van der Waals surface area (Å²) in [7, 11) is 3.67. The molecule has 1 fully saturated rings. The number of nitrogens with zero attached hydrogens (tertiary/aromatic N) is 5. The van der Waals surface area contributed by atoms with Crippen molar-refractivity contribution in [3.8, 4) is 5.13 Å². The molecule has 0 saturated carbocycles. The van der Waals surface area contributed by atoms with Crippen LogP contribution in [0.1, 0.15) is 11.4 Å². The summed E-state index contributed by atoms with van der Waals surface area (Å²) in [6.45, 7) is 1.52. The minimum absolute atomic E-state index is 0.0393. The van der Waals surface area contributed by atoms with Gasteiger partial charge in [-0.05, 0) is 19.2 Å². The van der Waals surface area contributed by atoms with Gasteiger partial charge in [0.05, 0.1) is 17.5 Å². The van der Waals surface area contributed by atoms with E-state index in [-0.39, 0.29) is 17.6 Å². The van der Waals surface area contributed by atoms with E-state index in [2.05, 4.69) is 25.2 Å². The summed E-state index contributed by atoms with van der Waals surface area (Å²) in [6, 6.07) is 4.00. The molecule has 4 aromatic heterocycles. The highest BCUT2D eigenvalue weighted by atomic mass is 32.1. The summed E-state index contributed by atoms with van der Waals surface area (Å²) in [5.74, 6) is 1.56. The first kappa shape index (κ1) is 19.9. The Morgan fingerprint density at radius 2 is 2.19 bits per heavy atom. The monoisotopic (exact) mass is 437 g/mol. The van der Waals surface area contributed by atoms with Crippen LogP contribution in [-0.2, 0) is 11.2 Å². The molecule has 10 heteroatoms. The Kier molecular flexibility index (Phi) is 5.26. The smallest absolute Gasteiger partial charge is 0.195 e. The lowest BCUT2D eigenvalue weighted by Gasteiger charge is -2.18. The molecule has 0 radical (unpaired) electrons. The van der Waals surface area contributed by atoms with Gasteiger partial charge in [0, 0.05) is 62.4 Å². The standard InChI is InChI=1S/C21H23N7O2S/c1-22-15-11-27(12-16(15)30-2)18-4-3-14-19(29)13(9-17-23-5-6-24-17)10-28(20(14)26-18)21-25-7-8-31-21/h3-8,10,15-16,22H,9,11-12H2,1-2H3,(H,23,24)/t15-,16-/m0/s1. The normalized spacial score (nSPS) is 18.8. The first-order valence-electron chi connectivity index (χ1n) is 10.1. The van der Waals surface area contributed by atoms with E-state index < -0.39 is 0 Å². The molecule has 1 aliphatic rings. The number of rotatable bonds is 6. The van der Waals surface area contributed by atoms with Crippen molar-refractivity contribution < 1.29 is 4.74 Å². The van der Waals surface area contributed by atoms with Gasteiger partial charge in [-0.1, -0.05) is 0 Å². The van der Waals surface area contributed by atoms with Crippen molar-refractivity contribution in [2.75, 3.05) is 32.1 Å². The van der Waals surface area contributed by atoms with Crippen LogP contribution in [0.2, 0.25) is 0 Å². The molecule has 0 amide bonds. The quantitative estimate of drug-likeness (QED) is 0.472. The van der Waals surface area contributed by atoms with Crippen LogP contribution in [-0.4, -0.2) is 63.9 Å². The van der Waals surface area contributed by atoms with Crippen LogP contribution in [0.3, 0.4) is 0 Å². The third-order valence-corrected chi connectivity index (χ3v) is 6.48. The summed E-state index contributed by atoms with van der Waals surface area (Å²) in [6.07, 6.45) is 7.53. The zero-order valence-corrected chi connectivity index (χ0v) is 18.1. The lowest BCUT2D eigenvalue weighted by molar-refractivity contribution is 0.0996. The minimum Gasteiger partial charge on any atom is -0.378 e. The van der Waals surface area contributed by atoms with E-state index in [1.54, 1.807) is 25.7 Å². The number of aromatic nitrogens is 5. The highest BCUT2D eigenvalue weighted by molar-refractivity contribution is 7.12. The molecule has 31 heavy (non-hydrogen) atoms. The first-order chi connectivity index (χ1) is 15.2. The molecule has 0 bridgehead atoms. The van der Waals surface area contributed by atoms with Gasteiger partial charge in [0.25, 0.3) is 0 Å². The fourth-order valence-corrected chi connectivity index (χ4v) is 4.70. The number of hydrogen-bond donors (Lipinski definition) is 2. The molecule has 0 aliphatic carbocycles. The maximum absolute atomic E-state index is 13.3. The van der Waals surface area contributed by atoms with Gasteiger partial charge in [0.15, 0.2) is 16.2 Å². The third-order valence-electron chi connectivity index (χ3n) is 5.71. The summed E-state index contributed by atoms with van der Waals surface area (Å²) >= 11 is 1.50. The number of nitrogens with one attached hydrogen (secondary N) is 2. The van der Waals surface area contributed by atoms with E-state index in [0.717, 1.165) is 29.9 Å². The van der Waals surface area contributed by atoms with E-state index in [4.69, 9.17) is 9.72 Å². The Labute approximate surface area is 182 Å². The Bertz CT molecular complexity index is 1220. The zero-order chi connectivity index (χ0) is 21.4. The van der Waals surface area contributed by atoms with Crippen LogP contribution >= 0.6 is 11.3 Å². The molecule has 0 spiro atoms. The predicted octanol–water partition coefficient (Wildman–Crippen LogP) is 1.58. The van der Waals surface area contributed by atoms with E-state index in [1.165, 1.54) is 11.3 Å². The fraction of sp³-hybridized carbons (Fsp3) is 0.333. The van der Waals surface area contributed by atoms with Crippen molar-refractivity contribution in [1.29, 1.82) is 0 Å². The predicted molar refractivity (Wildman–Crippen MR) is 120 cm³/mol. The molecule has 1 saturated heterocycles. The highest BCUT2D eigenvalue weighted by Crippen LogP contribution is 2.25. The number of H-pyrrole nitrogens is 1. The first-order valence-corrected chi connectivity index (χ1v) is 10.9. The zero-order valence-electron chi connectivity index (χ0n) is 17.3. The van der Waals surface area contributed by atoms with Crippen molar-refractivity contribution >= 4 is 28.2 Å². The van der Waals surface area contributed by atoms with E-state index in [0.29, 0.717) is 23.0 Å². The second-order valence-corrected chi connectivity index (χ2v) is 8.37. The van der Waals surface area contributed by atoms with E-state index in [1.807, 2.05) is 35.3 Å². The average Bonchev–Trinajstić information content (AvgIpc) is 3.56. The largest absolute Gasteiger partial charge is 0.378 e. The van der Waals surface area contributed by atoms with Crippen molar-refractivity contribution in [3.05, 3.63) is 63.9 Å². The molecule has 0 unspecified atom stereocenters. The lowest BCUT2D eigenvalue weighted by Crippen LogP contribution is -2.37. The van der Waals surface area contributed by atoms with Crippen molar-refractivity contribution in [1.82, 2.24) is 29.8 Å². The number of methoxy groups -OCH3 is 1. The number of aromatic amines is 1. The average molecular weight is 438 g/mol. The van der Waals surface area contributed by atoms with Crippen LogP contribution in [0.4, 0.5) is 5.82 Å². The molecule has 5 rings (SSSR count). The summed E-state index contributed by atoms with van der Waals surface area (Å²) < 4.78 is 7.52. The maximum Gasteiger partial charge on any atom is 0.195 e. The van der Waals surface area contributed by atoms with Gasteiger partial charge in [-0.15, -0.1) is 11.3 Å². The number of likely N-dealkylation sites (N-methyl/N-ethyl adjacent to an activating group) is 1. The molecule has 2 atom stereocenters. The number of anilines is 1. The van der Waals surface area contributed by atoms with Crippen molar-refractivity contribution in [3.63, 3.8) is 0 Å². The number of fused-ring (bicyclic) bond motifs is 1. The van der Waals surface area contributed by atoms with Gasteiger partial charge in [-0.2, -0.15) is 0 Å². The maximum atomic E-state index is 13.3. The van der Waals surface area contributed by atoms with Gasteiger partial charge < -0.3 is 19.9 Å². The topological polar surface area (TPSA) is 101 Å². The number of pyridine rings is 2. The molecule has 160 valence electrons. The summed E-state index contributed by atoms with van der Waals surface area (Å²) in [5.41, 5.74) is 1.20. The molecular weight excluding hydrogens is 414 g/mol. The molecule has 0 aromatic carbocycles. The van der Waals surface area contributed by atoms with Gasteiger partial charge in [-0.3, -0.25) is 9.36 Å². The van der Waals surface area contributed by atoms with Crippen LogP contribution in [0, 0.1) is 0 Å². The third kappa shape index (κ3) is 3.62. The number of ether oxygens (including phenoxy) is 1. The molecule has 1 aliphatic heterocycles. The molecule has 5 heterocycles. The van der Waals surface area contributed by atoms with Gasteiger partial charge >= 0.3 is 0 Å². The molecule has 9 nitrogen and oxygen atoms in total. The second-order valence-electron chi connectivity index (χ2n) is 7.50. The minimum atomic E-state index is -0.0393. The Morgan fingerprint density at radius 1 is 1.29 bits per heavy atom. The Balaban J connectivity index is 1.62. The number of hydrogen-bond acceptors (Lipinski definition) is 8. The van der Waals surface area contributed by atoms with Crippen LogP contribution in [0.15, 0.2) is 47.1 Å². The van der Waals surface area contributed by atoms with Crippen LogP contribution in [0.25, 0.3) is 16.2 Å². The van der Waals surface area contributed by atoms with Gasteiger partial charge in [0.1, 0.15) is 11.6 Å². The molecule has 4 aromatic rings. The van der Waals surface area contributed by atoms with E-state index in [9.17, 15) is 4.79 Å². The van der Waals surface area contributed by atoms with E-state index >= 15 is 0 Å². The van der Waals surface area contributed by atoms with Crippen molar-refractivity contribution in [2.24, 2.45) is 0 Å². The number of imidazole rings is 1. The second kappa shape index (κ2) is 8.22. The Hall–Kier alpha value is -3.08. The summed E-state index contributed by atoms with van der Waals surface area (Å²) in [5, 5.41) is 6.55. The molecular formula is C21H23N7O2S. The van der Waals surface area contributed by atoms with Crippen molar-refractivity contribution in [2.45, 2.75) is 18.6 Å². The Morgan fingerprint density at radius 3 is 2.87 bits per heavy atom. The SMILES string of the molecule is CN[C@H]1CN(c2ccc3c(=O)c(Cc4ncc[nH]4)cn(-c4nccs4)c3n2)C[C@@H]1OC. The van der Waals surface area contributed by atoms with Gasteiger partial charge in [-0.25, -0.2) is 15.0 Å². The fourth-order valence-electron chi connectivity index (χ4n) is 4.08. The van der Waals surface area contributed by atoms with Gasteiger partial charge in [0.2, 0.25) is 0 Å². The lowest BCUT2D eigenvalue weighted by atomic mass is 10.1. The van der Waals surface area contributed by atoms with Crippen LogP contribution < -0.4 is 15.6 Å². The molecule has 2 N–H and O–H groups in total.